The van der Waals surface area contributed by atoms with E-state index in [2.05, 4.69) is 25.3 Å². The average molecular weight is 454 g/mol. The van der Waals surface area contributed by atoms with Gasteiger partial charge >= 0.3 is 6.01 Å². The predicted molar refractivity (Wildman–Crippen MR) is 111 cm³/mol. The molecule has 8 nitrogen and oxygen atoms in total. The first-order chi connectivity index (χ1) is 15.6. The molecule has 0 saturated carbocycles. The van der Waals surface area contributed by atoms with Gasteiger partial charge in [-0.15, -0.1) is 5.10 Å². The molecule has 0 radical (unpaired) electrons. The fourth-order valence-corrected chi connectivity index (χ4v) is 4.26. The minimum atomic E-state index is -0.778. The van der Waals surface area contributed by atoms with Crippen LogP contribution in [0.5, 0.6) is 0 Å². The van der Waals surface area contributed by atoms with Gasteiger partial charge in [0.2, 0.25) is 0 Å². The van der Waals surface area contributed by atoms with Crippen LogP contribution in [0.4, 0.5) is 14.8 Å². The standard InChI is InChI=1S/C21H14ClF2N7O/c22-16-6-1-3-11-9-15(29-31(11)16)19-18-14(25-10-26-18)7-8-30(19)21-28-27-20(32-21)17-12(23)4-2-5-13(17)24/h1-6,9-10,19H,7-8H2,(H,25,26)/t19-/m0/s1. The number of aromatic nitrogens is 6. The van der Waals surface area contributed by atoms with Crippen molar-refractivity contribution in [2.45, 2.75) is 12.5 Å². The summed E-state index contributed by atoms with van der Waals surface area (Å²) >= 11 is 6.30. The molecule has 1 N–H and O–H groups in total. The summed E-state index contributed by atoms with van der Waals surface area (Å²) in [5.74, 6) is -1.79. The van der Waals surface area contributed by atoms with E-state index >= 15 is 0 Å². The fourth-order valence-electron chi connectivity index (χ4n) is 4.05. The summed E-state index contributed by atoms with van der Waals surface area (Å²) in [7, 11) is 0. The zero-order chi connectivity index (χ0) is 21.8. The first kappa shape index (κ1) is 18.9. The van der Waals surface area contributed by atoms with E-state index < -0.39 is 17.7 Å². The largest absolute Gasteiger partial charge is 0.403 e. The molecule has 0 saturated heterocycles. The third kappa shape index (κ3) is 2.87. The van der Waals surface area contributed by atoms with Crippen LogP contribution in [0, 0.1) is 11.6 Å². The Labute approximate surface area is 184 Å². The van der Waals surface area contributed by atoms with E-state index in [9.17, 15) is 8.78 Å². The summed E-state index contributed by atoms with van der Waals surface area (Å²) in [6.45, 7) is 0.503. The number of nitrogens with one attached hydrogen (secondary N) is 1. The summed E-state index contributed by atoms with van der Waals surface area (Å²) in [5, 5.41) is 13.1. The Bertz CT molecular complexity index is 1440. The van der Waals surface area contributed by atoms with E-state index in [1.807, 2.05) is 23.1 Å². The normalized spacial score (nSPS) is 16.0. The van der Waals surface area contributed by atoms with Crippen LogP contribution in [-0.2, 0) is 6.42 Å². The lowest BCUT2D eigenvalue weighted by Crippen LogP contribution is -2.36. The van der Waals surface area contributed by atoms with Crippen LogP contribution in [-0.4, -0.2) is 36.3 Å². The minimum absolute atomic E-state index is 0.115. The van der Waals surface area contributed by atoms with Crippen molar-refractivity contribution in [3.8, 4) is 11.5 Å². The molecule has 160 valence electrons. The van der Waals surface area contributed by atoms with E-state index in [0.29, 0.717) is 23.8 Å². The Balaban J connectivity index is 1.47. The monoisotopic (exact) mass is 453 g/mol. The fraction of sp³-hybridized carbons (Fsp3) is 0.143. The van der Waals surface area contributed by atoms with Crippen molar-refractivity contribution in [2.75, 3.05) is 11.4 Å². The Morgan fingerprint density at radius 1 is 1.09 bits per heavy atom. The summed E-state index contributed by atoms with van der Waals surface area (Å²) in [6.07, 6.45) is 2.27. The summed E-state index contributed by atoms with van der Waals surface area (Å²) < 4.78 is 35.8. The maximum Gasteiger partial charge on any atom is 0.319 e. The van der Waals surface area contributed by atoms with E-state index in [4.69, 9.17) is 16.0 Å². The van der Waals surface area contributed by atoms with E-state index in [1.165, 1.54) is 6.07 Å². The molecule has 6 rings (SSSR count). The van der Waals surface area contributed by atoms with Crippen molar-refractivity contribution < 1.29 is 13.2 Å². The number of pyridine rings is 1. The number of anilines is 1. The molecule has 0 amide bonds. The topological polar surface area (TPSA) is 88.1 Å². The molecule has 32 heavy (non-hydrogen) atoms. The van der Waals surface area contributed by atoms with Crippen LogP contribution < -0.4 is 4.90 Å². The summed E-state index contributed by atoms with van der Waals surface area (Å²) in [5.41, 5.74) is 2.85. The van der Waals surface area contributed by atoms with E-state index in [1.54, 1.807) is 16.9 Å². The first-order valence-corrected chi connectivity index (χ1v) is 10.2. The van der Waals surface area contributed by atoms with Gasteiger partial charge in [-0.05, 0) is 30.3 Å². The number of hydrogen-bond acceptors (Lipinski definition) is 6. The zero-order valence-corrected chi connectivity index (χ0v) is 17.1. The number of aromatic amines is 1. The van der Waals surface area contributed by atoms with Crippen molar-refractivity contribution in [1.82, 2.24) is 29.8 Å². The van der Waals surface area contributed by atoms with Crippen molar-refractivity contribution in [3.63, 3.8) is 0 Å². The van der Waals surface area contributed by atoms with Crippen LogP contribution in [0.3, 0.4) is 0 Å². The molecule has 0 aliphatic carbocycles. The molecule has 4 aromatic heterocycles. The van der Waals surface area contributed by atoms with Crippen LogP contribution in [0.2, 0.25) is 5.15 Å². The van der Waals surface area contributed by atoms with Crippen molar-refractivity contribution in [2.24, 2.45) is 0 Å². The highest BCUT2D eigenvalue weighted by Crippen LogP contribution is 2.37. The van der Waals surface area contributed by atoms with Gasteiger partial charge in [-0.25, -0.2) is 18.3 Å². The number of benzene rings is 1. The van der Waals surface area contributed by atoms with Gasteiger partial charge in [0.25, 0.3) is 5.89 Å². The lowest BCUT2D eigenvalue weighted by atomic mass is 10.0. The molecule has 0 unspecified atom stereocenters. The predicted octanol–water partition coefficient (Wildman–Crippen LogP) is 4.19. The van der Waals surface area contributed by atoms with Gasteiger partial charge in [0, 0.05) is 18.7 Å². The number of nitrogens with zero attached hydrogens (tertiary/aromatic N) is 6. The second kappa shape index (κ2) is 7.13. The molecule has 11 heteroatoms. The maximum absolute atomic E-state index is 14.2. The Hall–Kier alpha value is -3.79. The second-order valence-corrected chi connectivity index (χ2v) is 7.74. The number of fused-ring (bicyclic) bond motifs is 2. The molecule has 1 aliphatic rings. The van der Waals surface area contributed by atoms with Gasteiger partial charge in [-0.1, -0.05) is 28.8 Å². The Morgan fingerprint density at radius 2 is 1.91 bits per heavy atom. The first-order valence-electron chi connectivity index (χ1n) is 9.81. The van der Waals surface area contributed by atoms with Crippen molar-refractivity contribution >= 4 is 23.1 Å². The maximum atomic E-state index is 14.2. The molecule has 5 aromatic rings. The van der Waals surface area contributed by atoms with E-state index in [-0.39, 0.29) is 17.5 Å². The van der Waals surface area contributed by atoms with Gasteiger partial charge < -0.3 is 14.3 Å². The number of H-pyrrole nitrogens is 1. The lowest BCUT2D eigenvalue weighted by molar-refractivity contribution is 0.496. The van der Waals surface area contributed by atoms with Crippen molar-refractivity contribution in [3.05, 3.63) is 82.7 Å². The van der Waals surface area contributed by atoms with Gasteiger partial charge in [-0.2, -0.15) is 5.10 Å². The smallest absolute Gasteiger partial charge is 0.319 e. The second-order valence-electron chi connectivity index (χ2n) is 7.35. The highest BCUT2D eigenvalue weighted by atomic mass is 35.5. The van der Waals surface area contributed by atoms with Gasteiger partial charge in [0.15, 0.2) is 0 Å². The SMILES string of the molecule is Fc1cccc(F)c1-c1nnc(N2CCc3[nH]cnc3[C@@H]2c2cc3cccc(Cl)n3n2)o1. The van der Waals surface area contributed by atoms with Gasteiger partial charge in [0.1, 0.15) is 28.4 Å². The van der Waals surface area contributed by atoms with Crippen molar-refractivity contribution in [1.29, 1.82) is 0 Å². The highest BCUT2D eigenvalue weighted by molar-refractivity contribution is 6.29. The van der Waals surface area contributed by atoms with Crippen LogP contribution in [0.15, 0.2) is 53.2 Å². The molecular formula is C21H14ClF2N7O. The molecule has 0 bridgehead atoms. The number of rotatable bonds is 3. The molecule has 5 heterocycles. The lowest BCUT2D eigenvalue weighted by Gasteiger charge is -2.32. The summed E-state index contributed by atoms with van der Waals surface area (Å²) in [4.78, 5) is 9.47. The van der Waals surface area contributed by atoms with Crippen LogP contribution >= 0.6 is 11.6 Å². The molecule has 1 atom stereocenters. The Morgan fingerprint density at radius 3 is 2.72 bits per heavy atom. The third-order valence-corrected chi connectivity index (χ3v) is 5.79. The molecule has 1 aromatic carbocycles. The molecule has 0 fully saturated rings. The summed E-state index contributed by atoms with van der Waals surface area (Å²) in [6, 6.07) is 10.6. The minimum Gasteiger partial charge on any atom is -0.403 e. The number of hydrogen-bond donors (Lipinski definition) is 1. The quantitative estimate of drug-likeness (QED) is 0.412. The Kier molecular flexibility index (Phi) is 4.22. The van der Waals surface area contributed by atoms with Gasteiger partial charge in [0.05, 0.1) is 23.2 Å². The average Bonchev–Trinajstić information content (AvgIpc) is 3.52. The third-order valence-electron chi connectivity index (χ3n) is 5.50. The van der Waals surface area contributed by atoms with Crippen LogP contribution in [0.25, 0.3) is 17.0 Å². The molecule has 0 spiro atoms. The van der Waals surface area contributed by atoms with Crippen LogP contribution in [0.1, 0.15) is 23.1 Å². The number of halogens is 3. The highest BCUT2D eigenvalue weighted by Gasteiger charge is 2.36. The zero-order valence-electron chi connectivity index (χ0n) is 16.3. The van der Waals surface area contributed by atoms with E-state index in [0.717, 1.165) is 29.0 Å². The number of imidazole rings is 1. The van der Waals surface area contributed by atoms with Gasteiger partial charge in [-0.3, -0.25) is 0 Å². The molecule has 1 aliphatic heterocycles. The molecular weight excluding hydrogens is 440 g/mol.